The lowest BCUT2D eigenvalue weighted by Crippen LogP contribution is -2.47. The van der Waals surface area contributed by atoms with Crippen LogP contribution < -0.4 is 0 Å². The first kappa shape index (κ1) is 16.2. The number of piperidine rings is 1. The molecule has 2 fully saturated rings. The largest absolute Gasteiger partial charge is 0.337 e. The van der Waals surface area contributed by atoms with E-state index in [1.165, 1.54) is 18.4 Å². The topological polar surface area (TPSA) is 49.3 Å². The van der Waals surface area contributed by atoms with Crippen LogP contribution in [0.1, 0.15) is 35.3 Å². The van der Waals surface area contributed by atoms with Crippen LogP contribution in [-0.2, 0) is 6.54 Å². The number of nitrogens with zero attached hydrogens (tertiary/aromatic N) is 4. The van der Waals surface area contributed by atoms with Crippen molar-refractivity contribution >= 4 is 5.91 Å². The first-order chi connectivity index (χ1) is 12.2. The van der Waals surface area contributed by atoms with E-state index in [-0.39, 0.29) is 11.3 Å². The molecule has 3 heterocycles. The molecule has 0 unspecified atom stereocenters. The van der Waals surface area contributed by atoms with Gasteiger partial charge in [-0.3, -0.25) is 14.7 Å². The van der Waals surface area contributed by atoms with Crippen LogP contribution in [-0.4, -0.2) is 51.9 Å². The molecule has 2 aromatic rings. The van der Waals surface area contributed by atoms with Gasteiger partial charge in [0.15, 0.2) is 0 Å². The van der Waals surface area contributed by atoms with Gasteiger partial charge in [0.2, 0.25) is 0 Å². The smallest absolute Gasteiger partial charge is 0.274 e. The molecule has 1 spiro atoms. The van der Waals surface area contributed by atoms with E-state index in [1.807, 2.05) is 4.90 Å². The van der Waals surface area contributed by atoms with Crippen molar-refractivity contribution in [2.75, 3.05) is 26.2 Å². The van der Waals surface area contributed by atoms with E-state index >= 15 is 0 Å². The number of amides is 1. The maximum atomic E-state index is 12.7. The number of carbonyl (C=O) groups excluding carboxylic acids is 1. The third-order valence-electron chi connectivity index (χ3n) is 5.50. The van der Waals surface area contributed by atoms with Gasteiger partial charge in [-0.15, -0.1) is 0 Å². The molecule has 0 bridgehead atoms. The zero-order valence-electron chi connectivity index (χ0n) is 14.5. The van der Waals surface area contributed by atoms with Crippen LogP contribution in [0.15, 0.2) is 48.9 Å². The van der Waals surface area contributed by atoms with Crippen molar-refractivity contribution in [2.24, 2.45) is 5.41 Å². The molecule has 0 radical (unpaired) electrons. The van der Waals surface area contributed by atoms with Crippen molar-refractivity contribution in [3.63, 3.8) is 0 Å². The minimum Gasteiger partial charge on any atom is -0.337 e. The second-order valence-corrected chi connectivity index (χ2v) is 7.37. The van der Waals surface area contributed by atoms with Crippen LogP contribution in [0.3, 0.4) is 0 Å². The summed E-state index contributed by atoms with van der Waals surface area (Å²) in [6.07, 6.45) is 8.22. The summed E-state index contributed by atoms with van der Waals surface area (Å²) in [5, 5.41) is 0. The van der Waals surface area contributed by atoms with Gasteiger partial charge in [0.1, 0.15) is 5.69 Å². The van der Waals surface area contributed by atoms with Crippen molar-refractivity contribution in [1.82, 2.24) is 19.8 Å². The average Bonchev–Trinajstić information content (AvgIpc) is 3.04. The number of carbonyl (C=O) groups is 1. The molecule has 0 N–H and O–H groups in total. The standard InChI is InChI=1S/C20H24N4O/c25-19(18-13-21-9-10-22-18)24-11-4-7-20(16-24)8-12-23(15-20)14-17-5-2-1-3-6-17/h1-3,5-6,9-10,13H,4,7-8,11-12,14-16H2/t20-/m0/s1. The molecule has 1 atom stereocenters. The Labute approximate surface area is 148 Å². The van der Waals surface area contributed by atoms with Crippen LogP contribution in [0, 0.1) is 5.41 Å². The Kier molecular flexibility index (Phi) is 4.49. The number of likely N-dealkylation sites (tertiary alicyclic amines) is 2. The third kappa shape index (κ3) is 3.56. The van der Waals surface area contributed by atoms with Gasteiger partial charge in [0, 0.05) is 44.0 Å². The first-order valence-corrected chi connectivity index (χ1v) is 9.06. The second-order valence-electron chi connectivity index (χ2n) is 7.37. The molecule has 4 rings (SSSR count). The fourth-order valence-electron chi connectivity index (χ4n) is 4.29. The summed E-state index contributed by atoms with van der Waals surface area (Å²) in [7, 11) is 0. The maximum absolute atomic E-state index is 12.7. The molecule has 1 aromatic carbocycles. The fraction of sp³-hybridized carbons (Fsp3) is 0.450. The molecule has 2 saturated heterocycles. The Morgan fingerprint density at radius 2 is 1.96 bits per heavy atom. The third-order valence-corrected chi connectivity index (χ3v) is 5.50. The number of benzene rings is 1. The highest BCUT2D eigenvalue weighted by atomic mass is 16.2. The Balaban J connectivity index is 1.42. The number of aromatic nitrogens is 2. The second kappa shape index (κ2) is 6.92. The number of hydrogen-bond donors (Lipinski definition) is 0. The quantitative estimate of drug-likeness (QED) is 0.864. The molecular formula is C20H24N4O. The Bertz CT molecular complexity index is 721. The van der Waals surface area contributed by atoms with Gasteiger partial charge in [-0.25, -0.2) is 4.98 Å². The van der Waals surface area contributed by atoms with Crippen molar-refractivity contribution < 1.29 is 4.79 Å². The van der Waals surface area contributed by atoms with Crippen LogP contribution in [0.5, 0.6) is 0 Å². The average molecular weight is 336 g/mol. The van der Waals surface area contributed by atoms with Gasteiger partial charge in [-0.2, -0.15) is 0 Å². The summed E-state index contributed by atoms with van der Waals surface area (Å²) < 4.78 is 0. The molecule has 2 aliphatic heterocycles. The summed E-state index contributed by atoms with van der Waals surface area (Å²) in [5.74, 6) is 0.0219. The molecule has 5 heteroatoms. The lowest BCUT2D eigenvalue weighted by Gasteiger charge is -2.40. The van der Waals surface area contributed by atoms with Gasteiger partial charge in [-0.05, 0) is 31.4 Å². The van der Waals surface area contributed by atoms with Crippen LogP contribution >= 0.6 is 0 Å². The number of rotatable bonds is 3. The van der Waals surface area contributed by atoms with Gasteiger partial charge in [0.05, 0.1) is 6.20 Å². The molecule has 5 nitrogen and oxygen atoms in total. The van der Waals surface area contributed by atoms with Gasteiger partial charge >= 0.3 is 0 Å². The van der Waals surface area contributed by atoms with Crippen LogP contribution in [0.4, 0.5) is 0 Å². The SMILES string of the molecule is O=C(c1cnccn1)N1CCC[C@@]2(CCN(Cc3ccccc3)C2)C1. The fourth-order valence-corrected chi connectivity index (χ4v) is 4.29. The summed E-state index contributed by atoms with van der Waals surface area (Å²) in [6, 6.07) is 10.6. The van der Waals surface area contributed by atoms with Gasteiger partial charge in [0.25, 0.3) is 5.91 Å². The van der Waals surface area contributed by atoms with Gasteiger partial charge < -0.3 is 4.90 Å². The van der Waals surface area contributed by atoms with Crippen LogP contribution in [0.2, 0.25) is 0 Å². The first-order valence-electron chi connectivity index (χ1n) is 9.06. The molecule has 25 heavy (non-hydrogen) atoms. The van der Waals surface area contributed by atoms with Crippen molar-refractivity contribution in [3.8, 4) is 0 Å². The molecule has 2 aliphatic rings. The minimum atomic E-state index is 0.0219. The molecule has 0 aliphatic carbocycles. The molecule has 0 saturated carbocycles. The Morgan fingerprint density at radius 1 is 1.08 bits per heavy atom. The highest BCUT2D eigenvalue weighted by molar-refractivity contribution is 5.92. The summed E-state index contributed by atoms with van der Waals surface area (Å²) in [4.78, 5) is 25.4. The summed E-state index contributed by atoms with van der Waals surface area (Å²) in [5.41, 5.74) is 2.06. The zero-order chi connectivity index (χ0) is 17.1. The van der Waals surface area contributed by atoms with Gasteiger partial charge in [-0.1, -0.05) is 30.3 Å². The van der Waals surface area contributed by atoms with E-state index in [2.05, 4.69) is 45.2 Å². The van der Waals surface area contributed by atoms with Crippen molar-refractivity contribution in [3.05, 3.63) is 60.2 Å². The van der Waals surface area contributed by atoms with E-state index in [1.54, 1.807) is 18.6 Å². The van der Waals surface area contributed by atoms with Crippen LogP contribution in [0.25, 0.3) is 0 Å². The minimum absolute atomic E-state index is 0.0219. The number of hydrogen-bond acceptors (Lipinski definition) is 4. The normalized spacial score (nSPS) is 23.9. The van der Waals surface area contributed by atoms with Crippen molar-refractivity contribution in [2.45, 2.75) is 25.8 Å². The van der Waals surface area contributed by atoms with E-state index in [4.69, 9.17) is 0 Å². The van der Waals surface area contributed by atoms with E-state index in [0.29, 0.717) is 5.69 Å². The highest BCUT2D eigenvalue weighted by Crippen LogP contribution is 2.39. The molecular weight excluding hydrogens is 312 g/mol. The lowest BCUT2D eigenvalue weighted by atomic mass is 9.79. The summed E-state index contributed by atoms with van der Waals surface area (Å²) >= 11 is 0. The van der Waals surface area contributed by atoms with Crippen molar-refractivity contribution in [1.29, 1.82) is 0 Å². The predicted molar refractivity (Wildman–Crippen MR) is 95.9 cm³/mol. The molecule has 1 amide bonds. The summed E-state index contributed by atoms with van der Waals surface area (Å²) in [6.45, 7) is 4.86. The lowest BCUT2D eigenvalue weighted by molar-refractivity contribution is 0.0521. The molecule has 130 valence electrons. The highest BCUT2D eigenvalue weighted by Gasteiger charge is 2.42. The van der Waals surface area contributed by atoms with E-state index in [9.17, 15) is 4.79 Å². The monoisotopic (exact) mass is 336 g/mol. The van der Waals surface area contributed by atoms with E-state index < -0.39 is 0 Å². The Hall–Kier alpha value is -2.27. The maximum Gasteiger partial charge on any atom is 0.274 e. The Morgan fingerprint density at radius 3 is 2.76 bits per heavy atom. The predicted octanol–water partition coefficient (Wildman–Crippen LogP) is 2.60. The zero-order valence-corrected chi connectivity index (χ0v) is 14.5. The van der Waals surface area contributed by atoms with E-state index in [0.717, 1.165) is 39.1 Å². The molecule has 1 aromatic heterocycles.